The van der Waals surface area contributed by atoms with Gasteiger partial charge in [0, 0.05) is 37.8 Å². The molecule has 1 aromatic rings. The monoisotopic (exact) mass is 259 g/mol. The smallest absolute Gasteiger partial charge is 0.0985 e. The van der Waals surface area contributed by atoms with Crippen molar-refractivity contribution in [3.8, 4) is 0 Å². The number of rotatable bonds is 2. The summed E-state index contributed by atoms with van der Waals surface area (Å²) in [4.78, 5) is 4.67. The molecule has 104 valence electrons. The zero-order valence-electron chi connectivity index (χ0n) is 12.5. The topological polar surface area (TPSA) is 30.3 Å². The number of anilines is 1. The van der Waals surface area contributed by atoms with Crippen molar-refractivity contribution >= 4 is 11.5 Å². The van der Waals surface area contributed by atoms with Crippen molar-refractivity contribution in [3.63, 3.8) is 0 Å². The molecule has 1 heterocycles. The molecule has 0 bridgehead atoms. The molecule has 0 unspecified atom stereocenters. The van der Waals surface area contributed by atoms with E-state index in [1.807, 2.05) is 0 Å². The van der Waals surface area contributed by atoms with Gasteiger partial charge in [0.05, 0.1) is 5.84 Å². The lowest BCUT2D eigenvalue weighted by Gasteiger charge is -2.39. The molecule has 0 radical (unpaired) electrons. The summed E-state index contributed by atoms with van der Waals surface area (Å²) in [7, 11) is 0. The van der Waals surface area contributed by atoms with E-state index in [0.29, 0.717) is 5.92 Å². The first-order valence-electron chi connectivity index (χ1n) is 7.15. The minimum atomic E-state index is 0.326. The third-order valence-electron chi connectivity index (χ3n) is 4.08. The van der Waals surface area contributed by atoms with E-state index in [9.17, 15) is 0 Å². The lowest BCUT2D eigenvalue weighted by Crippen LogP contribution is -2.49. The molecule has 0 aromatic heterocycles. The highest BCUT2D eigenvalue weighted by Gasteiger charge is 2.21. The molecule has 1 saturated heterocycles. The largest absolute Gasteiger partial charge is 0.368 e. The van der Waals surface area contributed by atoms with Crippen LogP contribution in [0.1, 0.15) is 25.0 Å². The second kappa shape index (κ2) is 5.64. The normalized spacial score (nSPS) is 16.1. The van der Waals surface area contributed by atoms with Gasteiger partial charge in [-0.15, -0.1) is 0 Å². The molecule has 1 aromatic carbocycles. The average molecular weight is 259 g/mol. The van der Waals surface area contributed by atoms with Crippen molar-refractivity contribution < 1.29 is 0 Å². The fraction of sp³-hybridized carbons (Fsp3) is 0.562. The Kier molecular flexibility index (Phi) is 4.13. The van der Waals surface area contributed by atoms with Crippen LogP contribution in [0.2, 0.25) is 0 Å². The van der Waals surface area contributed by atoms with Crippen LogP contribution in [-0.4, -0.2) is 36.9 Å². The summed E-state index contributed by atoms with van der Waals surface area (Å²) in [5.41, 5.74) is 4.10. The number of hydrogen-bond acceptors (Lipinski definition) is 2. The van der Waals surface area contributed by atoms with Crippen LogP contribution in [0.5, 0.6) is 0 Å². The van der Waals surface area contributed by atoms with Crippen LogP contribution in [0.15, 0.2) is 18.2 Å². The van der Waals surface area contributed by atoms with Gasteiger partial charge in [-0.3, -0.25) is 5.41 Å². The Morgan fingerprint density at radius 3 is 2.32 bits per heavy atom. The van der Waals surface area contributed by atoms with E-state index in [0.717, 1.165) is 32.0 Å². The fourth-order valence-electron chi connectivity index (χ4n) is 2.63. The summed E-state index contributed by atoms with van der Waals surface area (Å²) in [6.07, 6.45) is 0. The van der Waals surface area contributed by atoms with Gasteiger partial charge in [-0.1, -0.05) is 26.0 Å². The van der Waals surface area contributed by atoms with E-state index in [2.05, 4.69) is 55.7 Å². The molecule has 0 aliphatic carbocycles. The molecule has 1 N–H and O–H groups in total. The van der Waals surface area contributed by atoms with Crippen LogP contribution in [0.3, 0.4) is 0 Å². The molecule has 1 aliphatic heterocycles. The van der Waals surface area contributed by atoms with Crippen molar-refractivity contribution in [2.75, 3.05) is 31.1 Å². The summed E-state index contributed by atoms with van der Waals surface area (Å²) < 4.78 is 0. The molecule has 1 aliphatic rings. The molecule has 3 nitrogen and oxygen atoms in total. The van der Waals surface area contributed by atoms with Gasteiger partial charge in [-0.2, -0.15) is 0 Å². The Hall–Kier alpha value is -1.51. The van der Waals surface area contributed by atoms with E-state index >= 15 is 0 Å². The number of piperazine rings is 1. The number of benzene rings is 1. The zero-order chi connectivity index (χ0) is 14.0. The number of nitrogens with zero attached hydrogens (tertiary/aromatic N) is 2. The van der Waals surface area contributed by atoms with Crippen molar-refractivity contribution in [2.24, 2.45) is 5.92 Å². The molecule has 0 atom stereocenters. The maximum atomic E-state index is 8.09. The molecule has 0 saturated carbocycles. The number of amidine groups is 1. The second-order valence-corrected chi connectivity index (χ2v) is 5.73. The molecule has 0 amide bonds. The summed E-state index contributed by atoms with van der Waals surface area (Å²) in [5, 5.41) is 8.09. The average Bonchev–Trinajstić information content (AvgIpc) is 2.41. The fourth-order valence-corrected chi connectivity index (χ4v) is 2.63. The summed E-state index contributed by atoms with van der Waals surface area (Å²) in [5.74, 6) is 1.10. The van der Waals surface area contributed by atoms with Crippen molar-refractivity contribution in [1.82, 2.24) is 4.90 Å². The molecular weight excluding hydrogens is 234 g/mol. The predicted molar refractivity (Wildman–Crippen MR) is 82.3 cm³/mol. The summed E-state index contributed by atoms with van der Waals surface area (Å²) in [6.45, 7) is 12.5. The second-order valence-electron chi connectivity index (χ2n) is 5.73. The van der Waals surface area contributed by atoms with Crippen LogP contribution < -0.4 is 4.90 Å². The first-order valence-corrected chi connectivity index (χ1v) is 7.15. The Morgan fingerprint density at radius 2 is 1.74 bits per heavy atom. The van der Waals surface area contributed by atoms with Crippen molar-refractivity contribution in [3.05, 3.63) is 29.3 Å². The lowest BCUT2D eigenvalue weighted by molar-refractivity contribution is 0.367. The quantitative estimate of drug-likeness (QED) is 0.653. The Morgan fingerprint density at radius 1 is 1.11 bits per heavy atom. The van der Waals surface area contributed by atoms with Gasteiger partial charge >= 0.3 is 0 Å². The lowest BCUT2D eigenvalue weighted by atomic mass is 10.1. The highest BCUT2D eigenvalue weighted by molar-refractivity contribution is 5.81. The molecule has 2 rings (SSSR count). The SMILES string of the molecule is Cc1cccc(N2CCN(C(=N)C(C)C)CC2)c1C. The number of hydrogen-bond donors (Lipinski definition) is 1. The Balaban J connectivity index is 2.04. The number of aryl methyl sites for hydroxylation is 1. The molecule has 0 spiro atoms. The molecular formula is C16H25N3. The van der Waals surface area contributed by atoms with Crippen LogP contribution in [0.25, 0.3) is 0 Å². The molecule has 3 heteroatoms. The third-order valence-corrected chi connectivity index (χ3v) is 4.08. The predicted octanol–water partition coefficient (Wildman–Crippen LogP) is 3.06. The van der Waals surface area contributed by atoms with Gasteiger partial charge < -0.3 is 9.80 Å². The van der Waals surface area contributed by atoms with E-state index in [-0.39, 0.29) is 0 Å². The van der Waals surface area contributed by atoms with Gasteiger partial charge in [0.25, 0.3) is 0 Å². The Bertz CT molecular complexity index is 457. The molecule has 1 fully saturated rings. The Labute approximate surface area is 116 Å². The highest BCUT2D eigenvalue weighted by Crippen LogP contribution is 2.24. The minimum Gasteiger partial charge on any atom is -0.368 e. The summed E-state index contributed by atoms with van der Waals surface area (Å²) >= 11 is 0. The third kappa shape index (κ3) is 2.91. The van der Waals surface area contributed by atoms with Gasteiger partial charge in [0.2, 0.25) is 0 Å². The van der Waals surface area contributed by atoms with Crippen LogP contribution >= 0.6 is 0 Å². The molecule has 19 heavy (non-hydrogen) atoms. The van der Waals surface area contributed by atoms with Crippen molar-refractivity contribution in [2.45, 2.75) is 27.7 Å². The highest BCUT2D eigenvalue weighted by atomic mass is 15.3. The van der Waals surface area contributed by atoms with Gasteiger partial charge in [0.15, 0.2) is 0 Å². The van der Waals surface area contributed by atoms with Crippen LogP contribution in [0, 0.1) is 25.2 Å². The van der Waals surface area contributed by atoms with Crippen molar-refractivity contribution in [1.29, 1.82) is 5.41 Å². The van der Waals surface area contributed by atoms with Gasteiger partial charge in [0.1, 0.15) is 0 Å². The van der Waals surface area contributed by atoms with Gasteiger partial charge in [-0.05, 0) is 31.0 Å². The van der Waals surface area contributed by atoms with Gasteiger partial charge in [-0.25, -0.2) is 0 Å². The maximum Gasteiger partial charge on any atom is 0.0985 e. The van der Waals surface area contributed by atoms with E-state index < -0.39 is 0 Å². The first-order chi connectivity index (χ1) is 9.00. The minimum absolute atomic E-state index is 0.326. The first kappa shape index (κ1) is 13.9. The van der Waals surface area contributed by atoms with E-state index in [4.69, 9.17) is 5.41 Å². The van der Waals surface area contributed by atoms with Crippen LogP contribution in [-0.2, 0) is 0 Å². The zero-order valence-corrected chi connectivity index (χ0v) is 12.5. The number of nitrogens with one attached hydrogen (secondary N) is 1. The summed E-state index contributed by atoms with van der Waals surface area (Å²) in [6, 6.07) is 6.52. The van der Waals surface area contributed by atoms with E-state index in [1.54, 1.807) is 0 Å². The van der Waals surface area contributed by atoms with E-state index in [1.165, 1.54) is 16.8 Å². The standard InChI is InChI=1S/C16H25N3/c1-12(2)16(17)19-10-8-18(9-11-19)15-7-5-6-13(3)14(15)4/h5-7,12,17H,8-11H2,1-4H3. The van der Waals surface area contributed by atoms with Crippen LogP contribution in [0.4, 0.5) is 5.69 Å². The maximum absolute atomic E-state index is 8.09.